The minimum absolute atomic E-state index is 0.279. The highest BCUT2D eigenvalue weighted by Gasteiger charge is 2.14. The van der Waals surface area contributed by atoms with Gasteiger partial charge in [-0.15, -0.1) is 11.3 Å². The SMILES string of the molecule is Clc1nc(-c2cccc(Br)c2)c2sc3ccccc3c2n1. The number of nitrogens with zero attached hydrogens (tertiary/aromatic N) is 2. The molecule has 2 aromatic heterocycles. The van der Waals surface area contributed by atoms with Crippen molar-refractivity contribution in [3.05, 3.63) is 58.3 Å². The van der Waals surface area contributed by atoms with E-state index in [1.54, 1.807) is 11.3 Å². The van der Waals surface area contributed by atoms with E-state index >= 15 is 0 Å². The van der Waals surface area contributed by atoms with Crippen molar-refractivity contribution in [1.29, 1.82) is 0 Å². The number of aromatic nitrogens is 2. The molecule has 4 rings (SSSR count). The van der Waals surface area contributed by atoms with Gasteiger partial charge in [-0.25, -0.2) is 9.97 Å². The smallest absolute Gasteiger partial charge is 0.216 e. The number of rotatable bonds is 1. The Morgan fingerprint density at radius 1 is 1.00 bits per heavy atom. The van der Waals surface area contributed by atoms with E-state index < -0.39 is 0 Å². The summed E-state index contributed by atoms with van der Waals surface area (Å²) in [5.74, 6) is 0. The summed E-state index contributed by atoms with van der Waals surface area (Å²) in [6.45, 7) is 0. The summed E-state index contributed by atoms with van der Waals surface area (Å²) in [5, 5.41) is 1.40. The maximum atomic E-state index is 6.14. The molecule has 0 aliphatic rings. The normalized spacial score (nSPS) is 11.3. The molecule has 0 aliphatic heterocycles. The molecule has 0 aliphatic carbocycles. The zero-order valence-corrected chi connectivity index (χ0v) is 13.8. The fourth-order valence-electron chi connectivity index (χ4n) is 2.40. The second-order valence-electron chi connectivity index (χ2n) is 4.63. The van der Waals surface area contributed by atoms with Crippen molar-refractivity contribution in [3.8, 4) is 11.3 Å². The highest BCUT2D eigenvalue weighted by atomic mass is 79.9. The molecule has 0 fully saturated rings. The van der Waals surface area contributed by atoms with Gasteiger partial charge in [0.2, 0.25) is 5.28 Å². The van der Waals surface area contributed by atoms with E-state index in [-0.39, 0.29) is 5.28 Å². The van der Waals surface area contributed by atoms with Crippen LogP contribution in [0.25, 0.3) is 31.6 Å². The van der Waals surface area contributed by atoms with Crippen molar-refractivity contribution in [3.63, 3.8) is 0 Å². The Kier molecular flexibility index (Phi) is 3.17. The molecular formula is C16H8BrClN2S. The van der Waals surface area contributed by atoms with Gasteiger partial charge in [0.25, 0.3) is 0 Å². The van der Waals surface area contributed by atoms with E-state index in [0.717, 1.165) is 31.3 Å². The third-order valence-corrected chi connectivity index (χ3v) is 5.12. The molecule has 2 heterocycles. The zero-order chi connectivity index (χ0) is 14.4. The maximum Gasteiger partial charge on any atom is 0.223 e. The van der Waals surface area contributed by atoms with E-state index in [4.69, 9.17) is 11.6 Å². The number of benzene rings is 2. The Labute approximate surface area is 138 Å². The molecule has 102 valence electrons. The van der Waals surface area contributed by atoms with Crippen LogP contribution < -0.4 is 0 Å². The summed E-state index contributed by atoms with van der Waals surface area (Å²) in [7, 11) is 0. The van der Waals surface area contributed by atoms with Crippen LogP contribution in [0.2, 0.25) is 5.28 Å². The van der Waals surface area contributed by atoms with E-state index in [0.29, 0.717) is 0 Å². The van der Waals surface area contributed by atoms with Gasteiger partial charge in [-0.2, -0.15) is 0 Å². The van der Waals surface area contributed by atoms with Gasteiger partial charge in [0, 0.05) is 20.1 Å². The zero-order valence-electron chi connectivity index (χ0n) is 10.7. The van der Waals surface area contributed by atoms with Gasteiger partial charge in [0.05, 0.1) is 15.9 Å². The molecule has 0 radical (unpaired) electrons. The lowest BCUT2D eigenvalue weighted by molar-refractivity contribution is 1.23. The number of fused-ring (bicyclic) bond motifs is 3. The third-order valence-electron chi connectivity index (χ3n) is 3.29. The molecule has 0 atom stereocenters. The van der Waals surface area contributed by atoms with Crippen LogP contribution in [0, 0.1) is 0 Å². The van der Waals surface area contributed by atoms with Crippen molar-refractivity contribution in [2.75, 3.05) is 0 Å². The first-order valence-electron chi connectivity index (χ1n) is 6.33. The largest absolute Gasteiger partial charge is 0.223 e. The van der Waals surface area contributed by atoms with Gasteiger partial charge in [0.15, 0.2) is 0 Å². The first kappa shape index (κ1) is 13.2. The first-order chi connectivity index (χ1) is 10.2. The molecule has 0 saturated carbocycles. The Morgan fingerprint density at radius 3 is 2.71 bits per heavy atom. The molecule has 2 nitrogen and oxygen atoms in total. The lowest BCUT2D eigenvalue weighted by Gasteiger charge is -2.03. The molecule has 0 amide bonds. The number of halogens is 2. The predicted octanol–water partition coefficient (Wildman–Crippen LogP) is 5.93. The molecule has 0 spiro atoms. The highest BCUT2D eigenvalue weighted by Crippen LogP contribution is 2.38. The standard InChI is InChI=1S/C16H8BrClN2S/c17-10-5-3-4-9(8-10)13-15-14(20-16(18)19-13)11-6-1-2-7-12(11)21-15/h1-8H. The summed E-state index contributed by atoms with van der Waals surface area (Å²) in [6, 6.07) is 16.3. The van der Waals surface area contributed by atoms with Crippen molar-refractivity contribution in [1.82, 2.24) is 9.97 Å². The Balaban J connectivity index is 2.13. The molecule has 0 bridgehead atoms. The van der Waals surface area contributed by atoms with Crippen LogP contribution in [0.15, 0.2) is 53.0 Å². The van der Waals surface area contributed by atoms with E-state index in [1.807, 2.05) is 36.4 Å². The molecule has 0 unspecified atom stereocenters. The van der Waals surface area contributed by atoms with Crippen molar-refractivity contribution in [2.24, 2.45) is 0 Å². The topological polar surface area (TPSA) is 25.8 Å². The average Bonchev–Trinajstić information content (AvgIpc) is 2.85. The van der Waals surface area contributed by atoms with Crippen molar-refractivity contribution >= 4 is 59.2 Å². The lowest BCUT2D eigenvalue weighted by Crippen LogP contribution is -1.88. The fraction of sp³-hybridized carbons (Fsp3) is 0. The summed E-state index contributed by atoms with van der Waals surface area (Å²) in [4.78, 5) is 8.88. The van der Waals surface area contributed by atoms with Crippen LogP contribution in [-0.4, -0.2) is 9.97 Å². The van der Waals surface area contributed by atoms with Gasteiger partial charge in [-0.3, -0.25) is 0 Å². The summed E-state index contributed by atoms with van der Waals surface area (Å²) >= 11 is 11.3. The monoisotopic (exact) mass is 374 g/mol. The van der Waals surface area contributed by atoms with E-state index in [2.05, 4.69) is 38.0 Å². The summed E-state index contributed by atoms with van der Waals surface area (Å²) in [5.41, 5.74) is 2.84. The van der Waals surface area contributed by atoms with Crippen LogP contribution in [0.4, 0.5) is 0 Å². The van der Waals surface area contributed by atoms with Gasteiger partial charge >= 0.3 is 0 Å². The first-order valence-corrected chi connectivity index (χ1v) is 8.32. The Bertz CT molecular complexity index is 981. The lowest BCUT2D eigenvalue weighted by atomic mass is 10.1. The van der Waals surface area contributed by atoms with Gasteiger partial charge in [-0.05, 0) is 29.8 Å². The molecular weight excluding hydrogens is 368 g/mol. The number of hydrogen-bond donors (Lipinski definition) is 0. The van der Waals surface area contributed by atoms with Crippen LogP contribution in [0.3, 0.4) is 0 Å². The molecule has 21 heavy (non-hydrogen) atoms. The minimum Gasteiger partial charge on any atom is -0.216 e. The molecule has 0 N–H and O–H groups in total. The summed E-state index contributed by atoms with van der Waals surface area (Å²) < 4.78 is 3.28. The second-order valence-corrected chi connectivity index (χ2v) is 6.93. The van der Waals surface area contributed by atoms with Crippen LogP contribution in [-0.2, 0) is 0 Å². The van der Waals surface area contributed by atoms with Gasteiger partial charge < -0.3 is 0 Å². The second kappa shape index (κ2) is 5.05. The Morgan fingerprint density at radius 2 is 1.86 bits per heavy atom. The van der Waals surface area contributed by atoms with Crippen LogP contribution in [0.5, 0.6) is 0 Å². The number of thiophene rings is 1. The molecule has 5 heteroatoms. The Hall–Kier alpha value is -1.49. The van der Waals surface area contributed by atoms with Gasteiger partial charge in [0.1, 0.15) is 0 Å². The van der Waals surface area contributed by atoms with Gasteiger partial charge in [-0.1, -0.05) is 46.3 Å². The number of hydrogen-bond acceptors (Lipinski definition) is 3. The maximum absolute atomic E-state index is 6.14. The quantitative estimate of drug-likeness (QED) is 0.385. The van der Waals surface area contributed by atoms with E-state index in [1.165, 1.54) is 4.70 Å². The van der Waals surface area contributed by atoms with Crippen LogP contribution in [0.1, 0.15) is 0 Å². The third kappa shape index (κ3) is 2.24. The molecule has 4 aromatic rings. The van der Waals surface area contributed by atoms with Crippen molar-refractivity contribution < 1.29 is 0 Å². The van der Waals surface area contributed by atoms with Crippen LogP contribution >= 0.6 is 38.9 Å². The van der Waals surface area contributed by atoms with E-state index in [9.17, 15) is 0 Å². The fourth-order valence-corrected chi connectivity index (χ4v) is 4.12. The predicted molar refractivity (Wildman–Crippen MR) is 93.1 cm³/mol. The molecule has 0 saturated heterocycles. The van der Waals surface area contributed by atoms with Crippen molar-refractivity contribution in [2.45, 2.75) is 0 Å². The highest BCUT2D eigenvalue weighted by molar-refractivity contribution is 9.10. The summed E-state index contributed by atoms with van der Waals surface area (Å²) in [6.07, 6.45) is 0. The minimum atomic E-state index is 0.279. The average molecular weight is 376 g/mol. The molecule has 2 aromatic carbocycles.